The third-order valence-electron chi connectivity index (χ3n) is 6.26. The number of aromatic nitrogens is 3. The van der Waals surface area contributed by atoms with Crippen molar-refractivity contribution in [3.63, 3.8) is 0 Å². The van der Waals surface area contributed by atoms with E-state index >= 15 is 0 Å². The maximum Gasteiger partial charge on any atom is 0.256 e. The van der Waals surface area contributed by atoms with Gasteiger partial charge in [-0.3, -0.25) is 9.69 Å². The fourth-order valence-corrected chi connectivity index (χ4v) is 4.58. The summed E-state index contributed by atoms with van der Waals surface area (Å²) in [7, 11) is 0. The Bertz CT molecular complexity index is 1440. The first-order valence-electron chi connectivity index (χ1n) is 11.5. The van der Waals surface area contributed by atoms with Crippen LogP contribution in [-0.4, -0.2) is 38.8 Å². The summed E-state index contributed by atoms with van der Waals surface area (Å²) in [5.74, 6) is 5.57. The van der Waals surface area contributed by atoms with Gasteiger partial charge in [0.25, 0.3) is 5.91 Å². The van der Waals surface area contributed by atoms with E-state index in [0.29, 0.717) is 5.56 Å². The molecule has 1 amide bonds. The number of hydrogen-bond acceptors (Lipinski definition) is 5. The summed E-state index contributed by atoms with van der Waals surface area (Å²) >= 11 is 0. The molecule has 7 heteroatoms. The first kappa shape index (κ1) is 22.6. The Morgan fingerprint density at radius 2 is 2.00 bits per heavy atom. The van der Waals surface area contributed by atoms with Crippen LogP contribution in [0.1, 0.15) is 41.7 Å². The fraction of sp³-hybridized carbons (Fsp3) is 0.214. The third kappa shape index (κ3) is 4.88. The number of amides is 1. The molecule has 1 fully saturated rings. The minimum absolute atomic E-state index is 0.173. The molecule has 2 aromatic heterocycles. The lowest BCUT2D eigenvalue weighted by Crippen LogP contribution is -2.24. The molecule has 1 atom stereocenters. The SMILES string of the molecule is CC#CCN1CCCC1c1cc(-c2ccc(C(=O)Nc3cc(F)ccn3)cc2)cc2cncnc12. The molecule has 0 bridgehead atoms. The van der Waals surface area contributed by atoms with Gasteiger partial charge in [0.2, 0.25) is 0 Å². The zero-order valence-corrected chi connectivity index (χ0v) is 19.3. The highest BCUT2D eigenvalue weighted by Gasteiger charge is 2.27. The number of fused-ring (bicyclic) bond motifs is 1. The molecule has 2 aromatic carbocycles. The van der Waals surface area contributed by atoms with Crippen LogP contribution in [0.2, 0.25) is 0 Å². The number of pyridine rings is 1. The third-order valence-corrected chi connectivity index (χ3v) is 6.26. The van der Waals surface area contributed by atoms with Gasteiger partial charge in [-0.05, 0) is 73.3 Å². The second-order valence-electron chi connectivity index (χ2n) is 8.47. The van der Waals surface area contributed by atoms with E-state index in [-0.39, 0.29) is 17.8 Å². The van der Waals surface area contributed by atoms with Crippen LogP contribution in [0.5, 0.6) is 0 Å². The summed E-state index contributed by atoms with van der Waals surface area (Å²) in [6.45, 7) is 3.62. The van der Waals surface area contributed by atoms with E-state index in [1.54, 1.807) is 18.5 Å². The van der Waals surface area contributed by atoms with Crippen LogP contribution in [0.3, 0.4) is 0 Å². The van der Waals surface area contributed by atoms with Gasteiger partial charge in [-0.1, -0.05) is 18.1 Å². The lowest BCUT2D eigenvalue weighted by Gasteiger charge is -2.24. The van der Waals surface area contributed by atoms with Crippen molar-refractivity contribution in [3.05, 3.63) is 84.2 Å². The molecule has 3 heterocycles. The van der Waals surface area contributed by atoms with Crippen molar-refractivity contribution in [1.29, 1.82) is 0 Å². The van der Waals surface area contributed by atoms with Crippen LogP contribution >= 0.6 is 0 Å². The van der Waals surface area contributed by atoms with Gasteiger partial charge in [0.1, 0.15) is 18.0 Å². The number of anilines is 1. The molecule has 0 radical (unpaired) electrons. The lowest BCUT2D eigenvalue weighted by molar-refractivity contribution is 0.102. The number of likely N-dealkylation sites (tertiary alicyclic amines) is 1. The van der Waals surface area contributed by atoms with Gasteiger partial charge in [0.15, 0.2) is 0 Å². The molecule has 174 valence electrons. The van der Waals surface area contributed by atoms with Crippen molar-refractivity contribution in [1.82, 2.24) is 19.9 Å². The van der Waals surface area contributed by atoms with Gasteiger partial charge in [-0.15, -0.1) is 5.92 Å². The highest BCUT2D eigenvalue weighted by Crippen LogP contribution is 2.37. The number of carbonyl (C=O) groups excluding carboxylic acids is 1. The molecule has 1 unspecified atom stereocenters. The normalized spacial score (nSPS) is 15.5. The molecule has 0 spiro atoms. The highest BCUT2D eigenvalue weighted by atomic mass is 19.1. The smallest absolute Gasteiger partial charge is 0.256 e. The summed E-state index contributed by atoms with van der Waals surface area (Å²) < 4.78 is 13.4. The molecular weight excluding hydrogens is 441 g/mol. The monoisotopic (exact) mass is 465 g/mol. The Morgan fingerprint density at radius 1 is 1.14 bits per heavy atom. The van der Waals surface area contributed by atoms with Crippen LogP contribution in [0, 0.1) is 17.7 Å². The molecule has 4 aromatic rings. The van der Waals surface area contributed by atoms with Crippen LogP contribution in [0.25, 0.3) is 22.0 Å². The van der Waals surface area contributed by atoms with Crippen molar-refractivity contribution in [2.24, 2.45) is 0 Å². The van der Waals surface area contributed by atoms with Crippen LogP contribution in [0.4, 0.5) is 10.2 Å². The Kier molecular flexibility index (Phi) is 6.47. The summed E-state index contributed by atoms with van der Waals surface area (Å²) in [5, 5.41) is 3.61. The van der Waals surface area contributed by atoms with Crippen molar-refractivity contribution in [2.75, 3.05) is 18.4 Å². The second kappa shape index (κ2) is 10.00. The Morgan fingerprint density at radius 3 is 2.80 bits per heavy atom. The zero-order chi connectivity index (χ0) is 24.2. The van der Waals surface area contributed by atoms with Gasteiger partial charge in [-0.2, -0.15) is 0 Å². The second-order valence-corrected chi connectivity index (χ2v) is 8.47. The molecule has 0 aliphatic carbocycles. The standard InChI is InChI=1S/C28H24FN5O/c1-2-3-12-34-13-4-5-25(34)24-15-21(14-22-17-30-18-32-27(22)24)19-6-8-20(9-7-19)28(35)33-26-16-23(29)10-11-31-26/h6-11,14-18,25H,4-5,12-13H2,1H3,(H,31,33,35). The quantitative estimate of drug-likeness (QED) is 0.408. The maximum absolute atomic E-state index is 13.4. The molecular formula is C28H24FN5O. The van der Waals surface area contributed by atoms with Crippen molar-refractivity contribution in [3.8, 4) is 23.0 Å². The van der Waals surface area contributed by atoms with Gasteiger partial charge in [0.05, 0.1) is 12.1 Å². The molecule has 1 saturated heterocycles. The average Bonchev–Trinajstić information content (AvgIpc) is 3.35. The number of rotatable bonds is 5. The van der Waals surface area contributed by atoms with Gasteiger partial charge in [0, 0.05) is 35.5 Å². The number of hydrogen-bond donors (Lipinski definition) is 1. The molecule has 35 heavy (non-hydrogen) atoms. The number of carbonyl (C=O) groups is 1. The maximum atomic E-state index is 13.4. The van der Waals surface area contributed by atoms with E-state index in [9.17, 15) is 9.18 Å². The summed E-state index contributed by atoms with van der Waals surface area (Å²) in [4.78, 5) is 27.8. The zero-order valence-electron chi connectivity index (χ0n) is 19.3. The molecule has 1 N–H and O–H groups in total. The molecule has 0 saturated carbocycles. The molecule has 1 aliphatic heterocycles. The largest absolute Gasteiger partial charge is 0.306 e. The Hall–Kier alpha value is -4.15. The topological polar surface area (TPSA) is 71.0 Å². The summed E-state index contributed by atoms with van der Waals surface area (Å²) in [5.41, 5.74) is 4.62. The average molecular weight is 466 g/mol. The highest BCUT2D eigenvalue weighted by molar-refractivity contribution is 6.04. The Balaban J connectivity index is 1.46. The van der Waals surface area contributed by atoms with E-state index in [0.717, 1.165) is 48.0 Å². The van der Waals surface area contributed by atoms with Gasteiger partial charge < -0.3 is 5.32 Å². The van der Waals surface area contributed by atoms with Crippen LogP contribution in [-0.2, 0) is 0 Å². The minimum atomic E-state index is -0.454. The van der Waals surface area contributed by atoms with E-state index in [4.69, 9.17) is 0 Å². The summed E-state index contributed by atoms with van der Waals surface area (Å²) in [6.07, 6.45) is 6.93. The number of halogens is 1. The number of nitrogens with zero attached hydrogens (tertiary/aromatic N) is 4. The first-order chi connectivity index (χ1) is 17.1. The number of nitrogens with one attached hydrogen (secondary N) is 1. The van der Waals surface area contributed by atoms with Crippen molar-refractivity contribution < 1.29 is 9.18 Å². The van der Waals surface area contributed by atoms with Gasteiger partial charge >= 0.3 is 0 Å². The minimum Gasteiger partial charge on any atom is -0.306 e. The first-order valence-corrected chi connectivity index (χ1v) is 11.5. The predicted molar refractivity (Wildman–Crippen MR) is 134 cm³/mol. The van der Waals surface area contributed by atoms with E-state index in [2.05, 4.69) is 49.1 Å². The molecule has 5 rings (SSSR count). The Labute approximate surface area is 203 Å². The van der Waals surface area contributed by atoms with E-state index in [1.807, 2.05) is 25.3 Å². The molecule has 1 aliphatic rings. The molecule has 6 nitrogen and oxygen atoms in total. The van der Waals surface area contributed by atoms with Gasteiger partial charge in [-0.25, -0.2) is 19.3 Å². The lowest BCUT2D eigenvalue weighted by atomic mass is 9.94. The van der Waals surface area contributed by atoms with Crippen LogP contribution < -0.4 is 5.32 Å². The predicted octanol–water partition coefficient (Wildman–Crippen LogP) is 5.24. The fourth-order valence-electron chi connectivity index (χ4n) is 4.58. The van der Waals surface area contributed by atoms with E-state index < -0.39 is 5.82 Å². The van der Waals surface area contributed by atoms with Crippen molar-refractivity contribution >= 4 is 22.6 Å². The number of benzene rings is 2. The van der Waals surface area contributed by atoms with Crippen molar-refractivity contribution in [2.45, 2.75) is 25.8 Å². The summed E-state index contributed by atoms with van der Waals surface area (Å²) in [6, 6.07) is 14.3. The van der Waals surface area contributed by atoms with Crippen LogP contribution in [0.15, 0.2) is 67.3 Å². The van der Waals surface area contributed by atoms with E-state index in [1.165, 1.54) is 23.9 Å².